The molecule has 4 aromatic carbocycles. The topological polar surface area (TPSA) is 3.24 Å². The van der Waals surface area contributed by atoms with Gasteiger partial charge in [-0.25, -0.2) is 0 Å². The number of nitrogens with zero attached hydrogens (tertiary/aromatic N) is 1. The Labute approximate surface area is 298 Å². The number of hydrogen-bond donors (Lipinski definition) is 0. The van der Waals surface area contributed by atoms with Gasteiger partial charge < -0.3 is 4.90 Å². The second-order valence-corrected chi connectivity index (χ2v) is 15.2. The first-order valence-corrected chi connectivity index (χ1v) is 18.5. The van der Waals surface area contributed by atoms with Gasteiger partial charge in [-0.2, -0.15) is 0 Å². The lowest BCUT2D eigenvalue weighted by Gasteiger charge is -2.45. The van der Waals surface area contributed by atoms with Crippen LogP contribution in [0.25, 0.3) is 17.2 Å². The highest BCUT2D eigenvalue weighted by atomic mass is 15.2. The van der Waals surface area contributed by atoms with E-state index in [1.807, 2.05) is 0 Å². The Balaban J connectivity index is 1.13. The van der Waals surface area contributed by atoms with Crippen LogP contribution in [0.5, 0.6) is 0 Å². The summed E-state index contributed by atoms with van der Waals surface area (Å²) in [5.74, 6) is 2.17. The second kappa shape index (κ2) is 12.6. The van der Waals surface area contributed by atoms with Crippen molar-refractivity contribution in [1.29, 1.82) is 0 Å². The minimum atomic E-state index is 0.126. The lowest BCUT2D eigenvalue weighted by atomic mass is 9.71. The first kappa shape index (κ1) is 30.9. The van der Waals surface area contributed by atoms with Crippen molar-refractivity contribution in [3.63, 3.8) is 0 Å². The van der Waals surface area contributed by atoms with E-state index in [0.717, 1.165) is 6.42 Å². The van der Waals surface area contributed by atoms with Gasteiger partial charge in [0.05, 0.1) is 12.1 Å². The summed E-state index contributed by atoms with van der Waals surface area (Å²) in [6.45, 7) is 4.91. The van der Waals surface area contributed by atoms with Crippen LogP contribution in [0.4, 0.5) is 5.69 Å². The minimum absolute atomic E-state index is 0.126. The molecule has 0 aliphatic heterocycles. The first-order chi connectivity index (χ1) is 24.6. The molecule has 0 N–H and O–H groups in total. The molecule has 5 aliphatic rings. The van der Waals surface area contributed by atoms with Crippen LogP contribution in [0.3, 0.4) is 0 Å². The number of fused-ring (bicyclic) bond motifs is 4. The Bertz CT molecular complexity index is 2100. The van der Waals surface area contributed by atoms with Gasteiger partial charge in [0.15, 0.2) is 0 Å². The summed E-state index contributed by atoms with van der Waals surface area (Å²) < 4.78 is 0. The summed E-state index contributed by atoms with van der Waals surface area (Å²) in [6, 6.07) is 40.4. The average molecular weight is 648 g/mol. The van der Waals surface area contributed by atoms with E-state index >= 15 is 0 Å². The van der Waals surface area contributed by atoms with Crippen LogP contribution in [0, 0.1) is 29.1 Å². The molecule has 7 unspecified atom stereocenters. The van der Waals surface area contributed by atoms with Crippen molar-refractivity contribution >= 4 is 11.8 Å². The molecule has 50 heavy (non-hydrogen) atoms. The molecular weight excluding hydrogens is 603 g/mol. The van der Waals surface area contributed by atoms with E-state index in [2.05, 4.69) is 201 Å². The lowest BCUT2D eigenvalue weighted by Crippen LogP contribution is -2.46. The Morgan fingerprint density at radius 3 is 2.22 bits per heavy atom. The van der Waals surface area contributed by atoms with Crippen molar-refractivity contribution in [3.05, 3.63) is 204 Å². The maximum Gasteiger partial charge on any atom is 0.0592 e. The van der Waals surface area contributed by atoms with Crippen LogP contribution in [0.15, 0.2) is 187 Å². The highest BCUT2D eigenvalue weighted by molar-refractivity contribution is 5.80. The summed E-state index contributed by atoms with van der Waals surface area (Å²) in [7, 11) is 0. The third kappa shape index (κ3) is 5.14. The summed E-state index contributed by atoms with van der Waals surface area (Å²) in [5, 5.41) is 0. The predicted molar refractivity (Wildman–Crippen MR) is 211 cm³/mol. The summed E-state index contributed by atoms with van der Waals surface area (Å²) in [5.41, 5.74) is 11.1. The fourth-order valence-electron chi connectivity index (χ4n) is 9.93. The van der Waals surface area contributed by atoms with Gasteiger partial charge in [0.1, 0.15) is 0 Å². The van der Waals surface area contributed by atoms with Gasteiger partial charge in [0.25, 0.3) is 0 Å². The van der Waals surface area contributed by atoms with Crippen molar-refractivity contribution in [2.45, 2.75) is 38.3 Å². The van der Waals surface area contributed by atoms with Gasteiger partial charge >= 0.3 is 0 Å². The van der Waals surface area contributed by atoms with E-state index in [1.165, 1.54) is 39.1 Å². The molecule has 0 radical (unpaired) electrons. The predicted octanol–water partition coefficient (Wildman–Crippen LogP) is 11.8. The van der Waals surface area contributed by atoms with Gasteiger partial charge in [0, 0.05) is 23.1 Å². The lowest BCUT2D eigenvalue weighted by molar-refractivity contribution is 0.314. The zero-order chi connectivity index (χ0) is 33.7. The molecular formula is C49H45N. The number of hydrogen-bond acceptors (Lipinski definition) is 1. The normalized spacial score (nSPS) is 28.3. The Hall–Kier alpha value is -5.14. The molecule has 0 aromatic heterocycles. The molecule has 0 heterocycles. The van der Waals surface area contributed by atoms with Crippen molar-refractivity contribution < 1.29 is 0 Å². The van der Waals surface area contributed by atoms with E-state index in [0.29, 0.717) is 23.7 Å². The molecule has 0 saturated heterocycles. The van der Waals surface area contributed by atoms with Gasteiger partial charge in [-0.3, -0.25) is 0 Å². The maximum absolute atomic E-state index is 2.74. The molecule has 7 atom stereocenters. The van der Waals surface area contributed by atoms with Gasteiger partial charge in [0.2, 0.25) is 0 Å². The van der Waals surface area contributed by atoms with Gasteiger partial charge in [-0.1, -0.05) is 195 Å². The number of anilines is 1. The molecule has 1 fully saturated rings. The molecule has 1 saturated carbocycles. The standard InChI is InChI=1S/C49H45N/c1-49(2)43-25-13-11-23-42(43)48-41(24-15-26-44(48)49)36-28-31-38(32-29-36)50(45-27-14-12-21-39(45)34-16-5-3-6-17-34)46-33-30-35-18-9-10-22-40(35)47(46)37-19-7-4-8-20-37/h3-31,33,38,41-43,46-48H,32H2,1-2H3. The Morgan fingerprint density at radius 1 is 0.660 bits per heavy atom. The number of allylic oxidation sites excluding steroid dienone is 10. The van der Waals surface area contributed by atoms with Gasteiger partial charge in [-0.15, -0.1) is 0 Å². The van der Waals surface area contributed by atoms with E-state index in [-0.39, 0.29) is 23.4 Å². The number of para-hydroxylation sites is 1. The van der Waals surface area contributed by atoms with Crippen LogP contribution in [-0.2, 0) is 0 Å². The molecule has 1 nitrogen and oxygen atoms in total. The van der Waals surface area contributed by atoms with E-state index in [1.54, 1.807) is 5.57 Å². The van der Waals surface area contributed by atoms with Crippen molar-refractivity contribution in [2.24, 2.45) is 29.1 Å². The Morgan fingerprint density at radius 2 is 1.40 bits per heavy atom. The summed E-state index contributed by atoms with van der Waals surface area (Å²) in [4.78, 5) is 2.74. The van der Waals surface area contributed by atoms with Gasteiger partial charge in [-0.05, 0) is 63.5 Å². The largest absolute Gasteiger partial charge is 0.357 e. The Kier molecular flexibility index (Phi) is 7.80. The van der Waals surface area contributed by atoms with E-state index in [4.69, 9.17) is 0 Å². The molecule has 0 amide bonds. The fraction of sp³-hybridized carbons (Fsp3) is 0.224. The van der Waals surface area contributed by atoms with Crippen molar-refractivity contribution in [3.8, 4) is 11.1 Å². The molecule has 5 aliphatic carbocycles. The van der Waals surface area contributed by atoms with Crippen molar-refractivity contribution in [1.82, 2.24) is 0 Å². The minimum Gasteiger partial charge on any atom is -0.357 e. The third-order valence-corrected chi connectivity index (χ3v) is 12.3. The SMILES string of the molecule is CC1(C)C2=CC=CC(C3=CCC(N(c4ccccc4-c4ccccc4)C4C=Cc5ccccc5C4c4ccccc4)C=C3)C2C2C=CC=CC21. The molecule has 4 aromatic rings. The molecule has 0 bridgehead atoms. The quantitative estimate of drug-likeness (QED) is 0.201. The van der Waals surface area contributed by atoms with E-state index in [9.17, 15) is 0 Å². The molecule has 0 spiro atoms. The smallest absolute Gasteiger partial charge is 0.0592 e. The zero-order valence-electron chi connectivity index (χ0n) is 29.0. The summed E-state index contributed by atoms with van der Waals surface area (Å²) in [6.07, 6.45) is 30.1. The highest BCUT2D eigenvalue weighted by Gasteiger charge is 2.53. The number of rotatable bonds is 6. The van der Waals surface area contributed by atoms with Crippen LogP contribution in [-0.4, -0.2) is 12.1 Å². The van der Waals surface area contributed by atoms with Crippen LogP contribution < -0.4 is 4.90 Å². The second-order valence-electron chi connectivity index (χ2n) is 15.2. The summed E-state index contributed by atoms with van der Waals surface area (Å²) >= 11 is 0. The zero-order valence-corrected chi connectivity index (χ0v) is 29.0. The molecule has 1 heteroatoms. The molecule has 246 valence electrons. The fourth-order valence-corrected chi connectivity index (χ4v) is 9.93. The average Bonchev–Trinajstić information content (AvgIpc) is 3.42. The number of benzene rings is 4. The van der Waals surface area contributed by atoms with Crippen LogP contribution >= 0.6 is 0 Å². The highest BCUT2D eigenvalue weighted by Crippen LogP contribution is 2.60. The van der Waals surface area contributed by atoms with Crippen LogP contribution in [0.2, 0.25) is 0 Å². The van der Waals surface area contributed by atoms with E-state index < -0.39 is 0 Å². The first-order valence-electron chi connectivity index (χ1n) is 18.5. The van der Waals surface area contributed by atoms with Crippen molar-refractivity contribution in [2.75, 3.05) is 4.90 Å². The maximum atomic E-state index is 2.74. The third-order valence-electron chi connectivity index (χ3n) is 12.3. The van der Waals surface area contributed by atoms with Crippen LogP contribution in [0.1, 0.15) is 42.9 Å². The molecule has 9 rings (SSSR count). The monoisotopic (exact) mass is 647 g/mol.